The second-order valence-corrected chi connectivity index (χ2v) is 6.22. The van der Waals surface area contributed by atoms with Crippen molar-refractivity contribution in [1.29, 1.82) is 0 Å². The Hall–Kier alpha value is -1.66. The Labute approximate surface area is 126 Å². The van der Waals surface area contributed by atoms with Gasteiger partial charge in [0, 0.05) is 0 Å². The fourth-order valence-electron chi connectivity index (χ4n) is 1.63. The molecule has 1 aromatic carbocycles. The molecule has 0 aliphatic rings. The van der Waals surface area contributed by atoms with Gasteiger partial charge in [-0.15, -0.1) is 0 Å². The van der Waals surface area contributed by atoms with Gasteiger partial charge in [0.2, 0.25) is 11.8 Å². The first-order valence-electron chi connectivity index (χ1n) is 6.17. The molecule has 6 heteroatoms. The highest BCUT2D eigenvalue weighted by atomic mass is 79.9. The molecule has 0 saturated carbocycles. The minimum Gasteiger partial charge on any atom is -0.438 e. The summed E-state index contributed by atoms with van der Waals surface area (Å²) in [6.07, 6.45) is 1.58. The summed E-state index contributed by atoms with van der Waals surface area (Å²) >= 11 is 3.34. The van der Waals surface area contributed by atoms with Gasteiger partial charge in [0.15, 0.2) is 0 Å². The third-order valence-electron chi connectivity index (χ3n) is 2.78. The zero-order valence-electron chi connectivity index (χ0n) is 11.6. The Morgan fingerprint density at radius 1 is 1.20 bits per heavy atom. The third kappa shape index (κ3) is 3.46. The fraction of sp³-hybridized carbons (Fsp3) is 0.286. The van der Waals surface area contributed by atoms with Gasteiger partial charge in [0.1, 0.15) is 5.75 Å². The Morgan fingerprint density at radius 2 is 1.85 bits per heavy atom. The monoisotopic (exact) mass is 336 g/mol. The number of hydrogen-bond donors (Lipinski definition) is 2. The maximum absolute atomic E-state index is 5.73. The summed E-state index contributed by atoms with van der Waals surface area (Å²) < 4.78 is 6.39. The second-order valence-electron chi connectivity index (χ2n) is 5.37. The topological polar surface area (TPSA) is 73.1 Å². The molecular weight excluding hydrogens is 320 g/mol. The number of anilines is 1. The fourth-order valence-corrected chi connectivity index (χ4v) is 1.90. The predicted molar refractivity (Wildman–Crippen MR) is 82.8 cm³/mol. The lowest BCUT2D eigenvalue weighted by Crippen LogP contribution is -2.11. The number of nitrogens with zero attached hydrogens (tertiary/aromatic N) is 2. The molecule has 0 spiro atoms. The van der Waals surface area contributed by atoms with Crippen LogP contribution in [-0.4, -0.2) is 9.97 Å². The van der Waals surface area contributed by atoms with Crippen LogP contribution < -0.4 is 16.0 Å². The molecule has 0 aliphatic carbocycles. The van der Waals surface area contributed by atoms with Crippen LogP contribution in [0.25, 0.3) is 0 Å². The highest BCUT2D eigenvalue weighted by Crippen LogP contribution is 2.29. The lowest BCUT2D eigenvalue weighted by atomic mass is 9.87. The quantitative estimate of drug-likeness (QED) is 0.661. The number of benzene rings is 1. The Morgan fingerprint density at radius 3 is 2.40 bits per heavy atom. The van der Waals surface area contributed by atoms with E-state index in [1.165, 1.54) is 5.56 Å². The van der Waals surface area contributed by atoms with Crippen molar-refractivity contribution in [2.24, 2.45) is 5.84 Å². The molecule has 0 fully saturated rings. The van der Waals surface area contributed by atoms with Crippen molar-refractivity contribution in [3.8, 4) is 11.6 Å². The van der Waals surface area contributed by atoms with E-state index in [1.807, 2.05) is 24.3 Å². The number of nitrogens with one attached hydrogen (secondary N) is 1. The summed E-state index contributed by atoms with van der Waals surface area (Å²) in [5.74, 6) is 6.71. The largest absolute Gasteiger partial charge is 0.438 e. The normalized spacial score (nSPS) is 11.2. The molecule has 0 aliphatic heterocycles. The Balaban J connectivity index is 2.22. The smallest absolute Gasteiger partial charge is 0.240 e. The lowest BCUT2D eigenvalue weighted by Gasteiger charge is -2.19. The Bertz CT molecular complexity index is 593. The lowest BCUT2D eigenvalue weighted by molar-refractivity contribution is 0.458. The van der Waals surface area contributed by atoms with Crippen LogP contribution in [0.15, 0.2) is 34.9 Å². The van der Waals surface area contributed by atoms with Crippen molar-refractivity contribution in [3.05, 3.63) is 40.5 Å². The van der Waals surface area contributed by atoms with E-state index in [0.29, 0.717) is 22.1 Å². The molecule has 0 unspecified atom stereocenters. The molecule has 0 radical (unpaired) electrons. The molecule has 0 saturated heterocycles. The summed E-state index contributed by atoms with van der Waals surface area (Å²) in [4.78, 5) is 8.11. The summed E-state index contributed by atoms with van der Waals surface area (Å²) in [6, 6.07) is 7.94. The van der Waals surface area contributed by atoms with E-state index in [-0.39, 0.29) is 5.41 Å². The van der Waals surface area contributed by atoms with E-state index in [1.54, 1.807) is 6.20 Å². The van der Waals surface area contributed by atoms with Gasteiger partial charge in [-0.25, -0.2) is 10.8 Å². The summed E-state index contributed by atoms with van der Waals surface area (Å²) in [6.45, 7) is 6.51. The first-order valence-corrected chi connectivity index (χ1v) is 6.97. The maximum atomic E-state index is 5.73. The average molecular weight is 337 g/mol. The minimum atomic E-state index is 0.116. The van der Waals surface area contributed by atoms with Crippen LogP contribution in [-0.2, 0) is 5.41 Å². The molecular formula is C14H17BrN4O. The first-order chi connectivity index (χ1) is 9.40. The van der Waals surface area contributed by atoms with Gasteiger partial charge >= 0.3 is 0 Å². The molecule has 5 nitrogen and oxygen atoms in total. The molecule has 2 aromatic rings. The number of halogens is 1. The third-order valence-corrected chi connectivity index (χ3v) is 3.32. The van der Waals surface area contributed by atoms with Gasteiger partial charge in [0.05, 0.1) is 10.7 Å². The van der Waals surface area contributed by atoms with Crippen molar-refractivity contribution in [3.63, 3.8) is 0 Å². The van der Waals surface area contributed by atoms with Crippen molar-refractivity contribution < 1.29 is 4.74 Å². The molecule has 0 amide bonds. The molecule has 3 N–H and O–H groups in total. The van der Waals surface area contributed by atoms with E-state index >= 15 is 0 Å². The van der Waals surface area contributed by atoms with E-state index in [4.69, 9.17) is 10.6 Å². The van der Waals surface area contributed by atoms with Gasteiger partial charge in [-0.1, -0.05) is 32.9 Å². The van der Waals surface area contributed by atoms with Crippen molar-refractivity contribution in [2.45, 2.75) is 26.2 Å². The molecule has 20 heavy (non-hydrogen) atoms. The number of hydrogen-bond acceptors (Lipinski definition) is 5. The highest BCUT2D eigenvalue weighted by Gasteiger charge is 2.13. The number of nitrogen functional groups attached to an aromatic ring is 1. The van der Waals surface area contributed by atoms with Gasteiger partial charge in [-0.2, -0.15) is 4.98 Å². The summed E-state index contributed by atoms with van der Waals surface area (Å²) in [5.41, 5.74) is 3.75. The van der Waals surface area contributed by atoms with Crippen molar-refractivity contribution in [2.75, 3.05) is 5.43 Å². The molecule has 0 atom stereocenters. The molecule has 106 valence electrons. The van der Waals surface area contributed by atoms with E-state index in [0.717, 1.165) is 0 Å². The van der Waals surface area contributed by atoms with Gasteiger partial charge < -0.3 is 4.74 Å². The Kier molecular flexibility index (Phi) is 4.25. The van der Waals surface area contributed by atoms with Crippen LogP contribution in [0.2, 0.25) is 0 Å². The van der Waals surface area contributed by atoms with Crippen LogP contribution >= 0.6 is 15.9 Å². The van der Waals surface area contributed by atoms with Crippen molar-refractivity contribution >= 4 is 21.9 Å². The van der Waals surface area contributed by atoms with Gasteiger partial charge in [0.25, 0.3) is 0 Å². The second kappa shape index (κ2) is 5.76. The van der Waals surface area contributed by atoms with Crippen LogP contribution in [0.5, 0.6) is 11.6 Å². The van der Waals surface area contributed by atoms with E-state index in [2.05, 4.69) is 52.1 Å². The number of hydrazine groups is 1. The molecule has 0 bridgehead atoms. The van der Waals surface area contributed by atoms with Gasteiger partial charge in [-0.05, 0) is 39.0 Å². The van der Waals surface area contributed by atoms with Gasteiger partial charge in [-0.3, -0.25) is 5.43 Å². The van der Waals surface area contributed by atoms with Crippen LogP contribution in [0.1, 0.15) is 26.3 Å². The van der Waals surface area contributed by atoms with E-state index in [9.17, 15) is 0 Å². The van der Waals surface area contributed by atoms with Crippen molar-refractivity contribution in [1.82, 2.24) is 9.97 Å². The van der Waals surface area contributed by atoms with Crippen LogP contribution in [0.3, 0.4) is 0 Å². The summed E-state index contributed by atoms with van der Waals surface area (Å²) in [5, 5.41) is 0. The number of ether oxygens (including phenoxy) is 1. The maximum Gasteiger partial charge on any atom is 0.240 e. The van der Waals surface area contributed by atoms with Crippen LogP contribution in [0, 0.1) is 0 Å². The number of aromatic nitrogens is 2. The standard InChI is InChI=1S/C14H17BrN4O/c1-14(2,3)9-4-6-10(7-5-9)20-12-11(15)8-17-13(18-12)19-16/h4-8H,16H2,1-3H3,(H,17,18,19). The summed E-state index contributed by atoms with van der Waals surface area (Å²) in [7, 11) is 0. The van der Waals surface area contributed by atoms with E-state index < -0.39 is 0 Å². The highest BCUT2D eigenvalue weighted by molar-refractivity contribution is 9.10. The number of rotatable bonds is 3. The predicted octanol–water partition coefficient (Wildman–Crippen LogP) is 3.61. The minimum absolute atomic E-state index is 0.116. The average Bonchev–Trinajstić information content (AvgIpc) is 2.41. The SMILES string of the molecule is CC(C)(C)c1ccc(Oc2nc(NN)ncc2Br)cc1. The molecule has 1 aromatic heterocycles. The van der Waals surface area contributed by atoms with Crippen LogP contribution in [0.4, 0.5) is 5.95 Å². The number of nitrogens with two attached hydrogens (primary N) is 1. The zero-order valence-corrected chi connectivity index (χ0v) is 13.2. The molecule has 1 heterocycles. The molecule has 2 rings (SSSR count). The zero-order chi connectivity index (χ0) is 14.8. The first kappa shape index (κ1) is 14.7.